The maximum atomic E-state index is 14.1. The molecule has 0 aliphatic heterocycles. The lowest BCUT2D eigenvalue weighted by Crippen LogP contribution is -2.37. The molecular weight excluding hydrogens is 265 g/mol. The predicted octanol–water partition coefficient (Wildman–Crippen LogP) is 4.19. The summed E-state index contributed by atoms with van der Waals surface area (Å²) < 4.78 is 19.7. The molecule has 0 aliphatic rings. The Bertz CT molecular complexity index is 398. The fraction of sp³-hybridized carbons (Fsp3) is 0.600. The fourth-order valence-electron chi connectivity index (χ4n) is 2.25. The summed E-state index contributed by atoms with van der Waals surface area (Å²) in [7, 11) is 1.67. The molecule has 2 nitrogen and oxygen atoms in total. The summed E-state index contributed by atoms with van der Waals surface area (Å²) in [6, 6.07) is 4.64. The molecule has 0 bridgehead atoms. The average Bonchev–Trinajstić information content (AvgIpc) is 2.34. The van der Waals surface area contributed by atoms with E-state index in [1.807, 2.05) is 0 Å². The van der Waals surface area contributed by atoms with Gasteiger partial charge in [0.05, 0.1) is 12.1 Å². The Balaban J connectivity index is 3.07. The third kappa shape index (κ3) is 4.44. The van der Waals surface area contributed by atoms with Crippen LogP contribution in [0.4, 0.5) is 4.39 Å². The number of nitrogens with one attached hydrogen (secondary N) is 1. The molecular formula is C15H23ClFNO. The van der Waals surface area contributed by atoms with Crippen LogP contribution < -0.4 is 5.32 Å². The first kappa shape index (κ1) is 16.4. The van der Waals surface area contributed by atoms with Crippen LogP contribution in [0.25, 0.3) is 0 Å². The van der Waals surface area contributed by atoms with E-state index in [4.69, 9.17) is 16.3 Å². The smallest absolute Gasteiger partial charge is 0.129 e. The topological polar surface area (TPSA) is 21.3 Å². The van der Waals surface area contributed by atoms with E-state index in [2.05, 4.69) is 26.1 Å². The van der Waals surface area contributed by atoms with Gasteiger partial charge in [-0.05, 0) is 31.0 Å². The lowest BCUT2D eigenvalue weighted by molar-refractivity contribution is 0.0317. The summed E-state index contributed by atoms with van der Waals surface area (Å²) in [6.07, 6.45) is 0.905. The molecule has 1 rings (SSSR count). The highest BCUT2D eigenvalue weighted by molar-refractivity contribution is 6.30. The molecule has 2 unspecified atom stereocenters. The van der Waals surface area contributed by atoms with Gasteiger partial charge in [-0.25, -0.2) is 4.39 Å². The van der Waals surface area contributed by atoms with Crippen molar-refractivity contribution < 1.29 is 9.13 Å². The van der Waals surface area contributed by atoms with Crippen molar-refractivity contribution in [2.45, 2.75) is 39.3 Å². The molecule has 0 fully saturated rings. The van der Waals surface area contributed by atoms with Crippen LogP contribution in [0.2, 0.25) is 5.02 Å². The first-order valence-electron chi connectivity index (χ1n) is 6.72. The first-order chi connectivity index (χ1) is 9.01. The highest BCUT2D eigenvalue weighted by Crippen LogP contribution is 2.28. The van der Waals surface area contributed by atoms with Crippen LogP contribution in [-0.2, 0) is 4.74 Å². The van der Waals surface area contributed by atoms with Crippen molar-refractivity contribution in [3.8, 4) is 0 Å². The van der Waals surface area contributed by atoms with Crippen molar-refractivity contribution >= 4 is 11.6 Å². The van der Waals surface area contributed by atoms with Crippen LogP contribution in [0.3, 0.4) is 0 Å². The molecule has 4 heteroatoms. The summed E-state index contributed by atoms with van der Waals surface area (Å²) in [5.41, 5.74) is 0.610. The van der Waals surface area contributed by atoms with Crippen LogP contribution in [0.15, 0.2) is 18.2 Å². The zero-order chi connectivity index (χ0) is 14.4. The molecule has 1 aromatic carbocycles. The van der Waals surface area contributed by atoms with Crippen LogP contribution >= 0.6 is 11.6 Å². The molecule has 0 heterocycles. The van der Waals surface area contributed by atoms with E-state index < -0.39 is 0 Å². The quantitative estimate of drug-likeness (QED) is 0.812. The van der Waals surface area contributed by atoms with Crippen LogP contribution in [0, 0.1) is 11.7 Å². The standard InChI is InChI=1S/C15H23ClFNO/c1-5-8-18-14(15(19-4)10(2)3)12-7-6-11(16)9-13(12)17/h6-7,9-10,14-15,18H,5,8H2,1-4H3. The highest BCUT2D eigenvalue weighted by Gasteiger charge is 2.27. The van der Waals surface area contributed by atoms with Gasteiger partial charge >= 0.3 is 0 Å². The maximum absolute atomic E-state index is 14.1. The molecule has 0 aromatic heterocycles. The van der Waals surface area contributed by atoms with Crippen molar-refractivity contribution in [2.24, 2.45) is 5.92 Å². The van der Waals surface area contributed by atoms with E-state index in [1.54, 1.807) is 19.2 Å². The van der Waals surface area contributed by atoms with E-state index in [0.29, 0.717) is 10.6 Å². The number of rotatable bonds is 7. The molecule has 0 saturated carbocycles. The Morgan fingerprint density at radius 3 is 2.53 bits per heavy atom. The molecule has 19 heavy (non-hydrogen) atoms. The van der Waals surface area contributed by atoms with E-state index in [0.717, 1.165) is 13.0 Å². The minimum absolute atomic E-state index is 0.0813. The first-order valence-corrected chi connectivity index (χ1v) is 7.10. The van der Waals surface area contributed by atoms with Gasteiger partial charge < -0.3 is 10.1 Å². The summed E-state index contributed by atoms with van der Waals surface area (Å²) in [5.74, 6) is -0.00163. The van der Waals surface area contributed by atoms with Gasteiger partial charge in [0, 0.05) is 17.7 Å². The lowest BCUT2D eigenvalue weighted by atomic mass is 9.93. The molecule has 0 spiro atoms. The molecule has 0 radical (unpaired) electrons. The van der Waals surface area contributed by atoms with Crippen LogP contribution in [-0.4, -0.2) is 19.8 Å². The SMILES string of the molecule is CCCNC(c1ccc(Cl)cc1F)C(OC)C(C)C. The second-order valence-corrected chi connectivity index (χ2v) is 5.48. The zero-order valence-electron chi connectivity index (χ0n) is 12.0. The summed E-state index contributed by atoms with van der Waals surface area (Å²) in [4.78, 5) is 0. The number of halogens is 2. The molecule has 0 amide bonds. The van der Waals surface area contributed by atoms with E-state index in [1.165, 1.54) is 6.07 Å². The Morgan fingerprint density at radius 2 is 2.05 bits per heavy atom. The van der Waals surface area contributed by atoms with Crippen molar-refractivity contribution in [2.75, 3.05) is 13.7 Å². The molecule has 1 N–H and O–H groups in total. The van der Waals surface area contributed by atoms with Gasteiger partial charge in [-0.1, -0.05) is 38.4 Å². The normalized spacial score (nSPS) is 14.7. The summed E-state index contributed by atoms with van der Waals surface area (Å²) >= 11 is 5.81. The number of hydrogen-bond donors (Lipinski definition) is 1. The molecule has 108 valence electrons. The van der Waals surface area contributed by atoms with Crippen molar-refractivity contribution in [3.05, 3.63) is 34.6 Å². The van der Waals surface area contributed by atoms with Gasteiger partial charge in [0.25, 0.3) is 0 Å². The monoisotopic (exact) mass is 287 g/mol. The number of ether oxygens (including phenoxy) is 1. The minimum atomic E-state index is -0.288. The maximum Gasteiger partial charge on any atom is 0.129 e. The van der Waals surface area contributed by atoms with Crippen molar-refractivity contribution in [1.82, 2.24) is 5.32 Å². The largest absolute Gasteiger partial charge is 0.379 e. The zero-order valence-corrected chi connectivity index (χ0v) is 12.8. The Morgan fingerprint density at radius 1 is 1.37 bits per heavy atom. The summed E-state index contributed by atoms with van der Waals surface area (Å²) in [6.45, 7) is 7.05. The molecule has 2 atom stereocenters. The summed E-state index contributed by atoms with van der Waals surface area (Å²) in [5, 5.41) is 3.78. The van der Waals surface area contributed by atoms with Gasteiger partial charge in [0.2, 0.25) is 0 Å². The predicted molar refractivity (Wildman–Crippen MR) is 78.1 cm³/mol. The molecule has 1 aromatic rings. The Labute approximate surface area is 120 Å². The van der Waals surface area contributed by atoms with E-state index in [9.17, 15) is 4.39 Å². The number of hydrogen-bond acceptors (Lipinski definition) is 2. The molecule has 0 aliphatic carbocycles. The number of methoxy groups -OCH3 is 1. The highest BCUT2D eigenvalue weighted by atomic mass is 35.5. The Hall–Kier alpha value is -0.640. The van der Waals surface area contributed by atoms with Crippen molar-refractivity contribution in [1.29, 1.82) is 0 Å². The Kier molecular flexibility index (Phi) is 6.76. The molecule has 0 saturated heterocycles. The van der Waals surface area contributed by atoms with Crippen LogP contribution in [0.1, 0.15) is 38.8 Å². The second kappa shape index (κ2) is 7.83. The fourth-order valence-corrected chi connectivity index (χ4v) is 2.41. The van der Waals surface area contributed by atoms with Crippen molar-refractivity contribution in [3.63, 3.8) is 0 Å². The van der Waals surface area contributed by atoms with E-state index >= 15 is 0 Å². The number of benzene rings is 1. The third-order valence-electron chi connectivity index (χ3n) is 3.17. The third-order valence-corrected chi connectivity index (χ3v) is 3.40. The van der Waals surface area contributed by atoms with Crippen LogP contribution in [0.5, 0.6) is 0 Å². The van der Waals surface area contributed by atoms with Gasteiger partial charge in [0.1, 0.15) is 5.82 Å². The van der Waals surface area contributed by atoms with E-state index in [-0.39, 0.29) is 23.9 Å². The minimum Gasteiger partial charge on any atom is -0.379 e. The second-order valence-electron chi connectivity index (χ2n) is 5.04. The lowest BCUT2D eigenvalue weighted by Gasteiger charge is -2.30. The van der Waals surface area contributed by atoms with Gasteiger partial charge in [-0.2, -0.15) is 0 Å². The van der Waals surface area contributed by atoms with Gasteiger partial charge in [0.15, 0.2) is 0 Å². The van der Waals surface area contributed by atoms with Gasteiger partial charge in [-0.15, -0.1) is 0 Å². The average molecular weight is 288 g/mol. The van der Waals surface area contributed by atoms with Gasteiger partial charge in [-0.3, -0.25) is 0 Å².